The lowest BCUT2D eigenvalue weighted by molar-refractivity contribution is 0.691. The number of nitrogens with one attached hydrogen (secondary N) is 1. The van der Waals surface area contributed by atoms with Crippen LogP contribution in [0.4, 0.5) is 5.82 Å². The van der Waals surface area contributed by atoms with E-state index in [1.807, 2.05) is 23.5 Å². The zero-order valence-corrected chi connectivity index (χ0v) is 13.1. The Hall–Kier alpha value is -2.17. The van der Waals surface area contributed by atoms with Crippen molar-refractivity contribution in [3.63, 3.8) is 0 Å². The Morgan fingerprint density at radius 2 is 1.86 bits per heavy atom. The number of nitrogen functional groups attached to an aromatic ring is 1. The fourth-order valence-corrected chi connectivity index (χ4v) is 3.01. The van der Waals surface area contributed by atoms with Gasteiger partial charge >= 0.3 is 0 Å². The number of pyridine rings is 1. The fourth-order valence-electron chi connectivity index (χ4n) is 2.30. The maximum absolute atomic E-state index is 5.73. The number of aromatic nitrogens is 1. The van der Waals surface area contributed by atoms with E-state index in [-0.39, 0.29) is 0 Å². The van der Waals surface area contributed by atoms with Crippen LogP contribution in [-0.4, -0.2) is 11.5 Å². The van der Waals surface area contributed by atoms with Gasteiger partial charge in [0, 0.05) is 23.5 Å². The highest BCUT2D eigenvalue weighted by Crippen LogP contribution is 2.18. The zero-order chi connectivity index (χ0) is 15.2. The molecule has 0 aliphatic heterocycles. The summed E-state index contributed by atoms with van der Waals surface area (Å²) in [6, 6.07) is 18.5. The summed E-state index contributed by atoms with van der Waals surface area (Å²) in [5.41, 5.74) is 9.01. The highest BCUT2D eigenvalue weighted by atomic mass is 32.1. The van der Waals surface area contributed by atoms with Crippen molar-refractivity contribution in [2.75, 3.05) is 12.3 Å². The third kappa shape index (κ3) is 3.93. The summed E-state index contributed by atoms with van der Waals surface area (Å²) in [4.78, 5) is 5.77. The Morgan fingerprint density at radius 3 is 2.59 bits per heavy atom. The molecule has 3 nitrogen and oxygen atoms in total. The Labute approximate surface area is 134 Å². The van der Waals surface area contributed by atoms with E-state index in [2.05, 4.69) is 52.1 Å². The van der Waals surface area contributed by atoms with Gasteiger partial charge in [-0.3, -0.25) is 0 Å². The van der Waals surface area contributed by atoms with Crippen LogP contribution in [0.25, 0.3) is 11.3 Å². The molecule has 2 heterocycles. The first-order valence-electron chi connectivity index (χ1n) is 7.36. The molecule has 0 aliphatic carbocycles. The van der Waals surface area contributed by atoms with Crippen LogP contribution < -0.4 is 11.1 Å². The second-order valence-electron chi connectivity index (χ2n) is 5.15. The molecule has 3 aromatic rings. The summed E-state index contributed by atoms with van der Waals surface area (Å²) in [7, 11) is 0. The van der Waals surface area contributed by atoms with E-state index in [1.165, 1.54) is 10.4 Å². The van der Waals surface area contributed by atoms with Crippen molar-refractivity contribution in [2.45, 2.75) is 13.0 Å². The molecular weight excluding hydrogens is 290 g/mol. The first kappa shape index (κ1) is 14.8. The van der Waals surface area contributed by atoms with Crippen LogP contribution in [0.3, 0.4) is 0 Å². The minimum Gasteiger partial charge on any atom is -0.384 e. The van der Waals surface area contributed by atoms with Gasteiger partial charge in [0.25, 0.3) is 0 Å². The molecule has 0 radical (unpaired) electrons. The molecule has 22 heavy (non-hydrogen) atoms. The van der Waals surface area contributed by atoms with Crippen LogP contribution in [-0.2, 0) is 13.0 Å². The van der Waals surface area contributed by atoms with Crippen LogP contribution in [0.1, 0.15) is 10.4 Å². The maximum atomic E-state index is 5.73. The molecule has 0 aliphatic rings. The lowest BCUT2D eigenvalue weighted by atomic mass is 10.1. The van der Waals surface area contributed by atoms with Crippen molar-refractivity contribution >= 4 is 17.2 Å². The molecule has 0 spiro atoms. The number of hydrogen-bond donors (Lipinski definition) is 2. The topological polar surface area (TPSA) is 50.9 Å². The van der Waals surface area contributed by atoms with Crippen molar-refractivity contribution in [3.8, 4) is 11.3 Å². The van der Waals surface area contributed by atoms with Gasteiger partial charge in [0.05, 0.1) is 5.69 Å². The van der Waals surface area contributed by atoms with Crippen molar-refractivity contribution < 1.29 is 0 Å². The molecule has 3 rings (SSSR count). The molecule has 0 atom stereocenters. The highest BCUT2D eigenvalue weighted by Gasteiger charge is 2.00. The number of rotatable bonds is 6. The minimum atomic E-state index is 0.553. The number of thiophene rings is 1. The van der Waals surface area contributed by atoms with Gasteiger partial charge in [-0.25, -0.2) is 4.98 Å². The normalized spacial score (nSPS) is 10.7. The van der Waals surface area contributed by atoms with Gasteiger partial charge in [0.15, 0.2) is 0 Å². The summed E-state index contributed by atoms with van der Waals surface area (Å²) in [6.07, 6.45) is 1.09. The van der Waals surface area contributed by atoms with Gasteiger partial charge < -0.3 is 11.1 Å². The largest absolute Gasteiger partial charge is 0.384 e. The molecule has 3 N–H and O–H groups in total. The number of nitrogens with two attached hydrogens (primary N) is 1. The molecule has 0 amide bonds. The molecule has 0 bridgehead atoms. The van der Waals surface area contributed by atoms with Crippen LogP contribution in [0, 0.1) is 0 Å². The van der Waals surface area contributed by atoms with Crippen molar-refractivity contribution in [2.24, 2.45) is 0 Å². The minimum absolute atomic E-state index is 0.553. The van der Waals surface area contributed by atoms with E-state index >= 15 is 0 Å². The van der Waals surface area contributed by atoms with Crippen LogP contribution >= 0.6 is 11.3 Å². The third-order valence-corrected chi connectivity index (χ3v) is 4.41. The second-order valence-corrected chi connectivity index (χ2v) is 6.18. The molecule has 0 saturated heterocycles. The average molecular weight is 309 g/mol. The predicted molar refractivity (Wildman–Crippen MR) is 93.8 cm³/mol. The molecular formula is C18H19N3S. The summed E-state index contributed by atoms with van der Waals surface area (Å²) in [5, 5.41) is 5.60. The number of benzene rings is 1. The van der Waals surface area contributed by atoms with Crippen molar-refractivity contribution in [1.29, 1.82) is 0 Å². The number of nitrogens with zero attached hydrogens (tertiary/aromatic N) is 1. The summed E-state index contributed by atoms with van der Waals surface area (Å²) in [5.74, 6) is 0.553. The second kappa shape index (κ2) is 7.20. The Kier molecular flexibility index (Phi) is 4.83. The van der Waals surface area contributed by atoms with Crippen LogP contribution in [0.5, 0.6) is 0 Å². The SMILES string of the molecule is Nc1cccc(-c2ccc(CNCCc3cccs3)cc2)n1. The molecule has 4 heteroatoms. The lowest BCUT2D eigenvalue weighted by Crippen LogP contribution is -2.16. The van der Waals surface area contributed by atoms with E-state index in [0.29, 0.717) is 5.82 Å². The Morgan fingerprint density at radius 1 is 1.00 bits per heavy atom. The van der Waals surface area contributed by atoms with E-state index in [9.17, 15) is 0 Å². The van der Waals surface area contributed by atoms with Crippen LogP contribution in [0.2, 0.25) is 0 Å². The summed E-state index contributed by atoms with van der Waals surface area (Å²) < 4.78 is 0. The highest BCUT2D eigenvalue weighted by molar-refractivity contribution is 7.09. The Balaban J connectivity index is 1.53. The standard InChI is InChI=1S/C18H19N3S/c19-18-5-1-4-17(21-18)15-8-6-14(7-9-15)13-20-11-10-16-3-2-12-22-16/h1-9,12,20H,10-11,13H2,(H2,19,21). The van der Waals surface area contributed by atoms with E-state index in [1.54, 1.807) is 6.07 Å². The first-order valence-corrected chi connectivity index (χ1v) is 8.24. The molecule has 112 valence electrons. The van der Waals surface area contributed by atoms with Gasteiger partial charge in [-0.05, 0) is 35.6 Å². The quantitative estimate of drug-likeness (QED) is 0.682. The fraction of sp³-hybridized carbons (Fsp3) is 0.167. The predicted octanol–water partition coefficient (Wildman–Crippen LogP) is 3.72. The molecule has 1 aromatic carbocycles. The Bertz CT molecular complexity index is 705. The molecule has 2 aromatic heterocycles. The molecule has 0 saturated carbocycles. The van der Waals surface area contributed by atoms with Gasteiger partial charge in [-0.15, -0.1) is 11.3 Å². The van der Waals surface area contributed by atoms with Gasteiger partial charge in [-0.1, -0.05) is 36.4 Å². The number of hydrogen-bond acceptors (Lipinski definition) is 4. The zero-order valence-electron chi connectivity index (χ0n) is 12.3. The van der Waals surface area contributed by atoms with E-state index in [4.69, 9.17) is 5.73 Å². The maximum Gasteiger partial charge on any atom is 0.124 e. The van der Waals surface area contributed by atoms with E-state index < -0.39 is 0 Å². The molecule has 0 unspecified atom stereocenters. The number of anilines is 1. The van der Waals surface area contributed by atoms with Crippen molar-refractivity contribution in [1.82, 2.24) is 10.3 Å². The first-order chi connectivity index (χ1) is 10.8. The lowest BCUT2D eigenvalue weighted by Gasteiger charge is -2.06. The van der Waals surface area contributed by atoms with Gasteiger partial charge in [0.1, 0.15) is 5.82 Å². The average Bonchev–Trinajstić information content (AvgIpc) is 3.06. The monoisotopic (exact) mass is 309 g/mol. The molecule has 0 fully saturated rings. The van der Waals surface area contributed by atoms with Gasteiger partial charge in [0.2, 0.25) is 0 Å². The smallest absolute Gasteiger partial charge is 0.124 e. The van der Waals surface area contributed by atoms with E-state index in [0.717, 1.165) is 30.8 Å². The van der Waals surface area contributed by atoms with Crippen LogP contribution in [0.15, 0.2) is 60.0 Å². The third-order valence-electron chi connectivity index (χ3n) is 3.48. The summed E-state index contributed by atoms with van der Waals surface area (Å²) >= 11 is 1.81. The van der Waals surface area contributed by atoms with Gasteiger partial charge in [-0.2, -0.15) is 0 Å². The van der Waals surface area contributed by atoms with Crippen molar-refractivity contribution in [3.05, 3.63) is 70.4 Å². The summed E-state index contributed by atoms with van der Waals surface area (Å²) in [6.45, 7) is 1.88.